The number of aliphatic hydroxyl groups excluding tert-OH is 3. The maximum atomic E-state index is 9.98. The third kappa shape index (κ3) is 2.05. The van der Waals surface area contributed by atoms with Crippen molar-refractivity contribution in [3.63, 3.8) is 0 Å². The van der Waals surface area contributed by atoms with Crippen LogP contribution in [0.25, 0.3) is 11.2 Å². The third-order valence-corrected chi connectivity index (χ3v) is 3.58. The molecule has 1 fully saturated rings. The first-order chi connectivity index (χ1) is 9.52. The van der Waals surface area contributed by atoms with Gasteiger partial charge >= 0.3 is 0 Å². The predicted octanol–water partition coefficient (Wildman–Crippen LogP) is -0.255. The van der Waals surface area contributed by atoms with Crippen molar-refractivity contribution in [1.82, 2.24) is 19.5 Å². The zero-order chi connectivity index (χ0) is 14.4. The Kier molecular flexibility index (Phi) is 3.53. The van der Waals surface area contributed by atoms with Gasteiger partial charge in [0.15, 0.2) is 17.0 Å². The monoisotopic (exact) mass is 320 g/mol. The van der Waals surface area contributed by atoms with Crippen LogP contribution in [0.1, 0.15) is 6.23 Å². The van der Waals surface area contributed by atoms with Gasteiger partial charge in [-0.3, -0.25) is 4.57 Å². The van der Waals surface area contributed by atoms with E-state index in [1.165, 1.54) is 10.9 Å². The highest BCUT2D eigenvalue weighted by Gasteiger charge is 2.44. The fourth-order valence-corrected chi connectivity index (χ4v) is 2.57. The summed E-state index contributed by atoms with van der Waals surface area (Å²) in [6, 6.07) is 0. The molecule has 0 saturated carbocycles. The Labute approximate surface area is 122 Å². The van der Waals surface area contributed by atoms with E-state index in [1.807, 2.05) is 0 Å². The molecule has 3 N–H and O–H groups in total. The molecule has 8 nitrogen and oxygen atoms in total. The van der Waals surface area contributed by atoms with E-state index in [4.69, 9.17) is 33.0 Å². The van der Waals surface area contributed by atoms with Gasteiger partial charge in [-0.25, -0.2) is 9.97 Å². The van der Waals surface area contributed by atoms with Crippen molar-refractivity contribution in [1.29, 1.82) is 0 Å². The number of fused-ring (bicyclic) bond motifs is 1. The van der Waals surface area contributed by atoms with Crippen LogP contribution in [0.5, 0.6) is 0 Å². The average molecular weight is 321 g/mol. The van der Waals surface area contributed by atoms with E-state index in [0.717, 1.165) is 0 Å². The molecule has 1 aliphatic rings. The standard InChI is InChI=1S/C10H10Cl2N4O4/c11-7-4-8(15-10(12)14-7)16(2-13-4)9-6(19)5(18)3(1-17)20-9/h2-3,5-6,9,17-19H,1H2. The summed E-state index contributed by atoms with van der Waals surface area (Å²) in [7, 11) is 0. The summed E-state index contributed by atoms with van der Waals surface area (Å²) in [5, 5.41) is 28.8. The van der Waals surface area contributed by atoms with Crippen LogP contribution in [-0.2, 0) is 4.74 Å². The van der Waals surface area contributed by atoms with Crippen LogP contribution in [0.4, 0.5) is 0 Å². The maximum Gasteiger partial charge on any atom is 0.225 e. The van der Waals surface area contributed by atoms with Gasteiger partial charge in [-0.2, -0.15) is 4.98 Å². The van der Waals surface area contributed by atoms with E-state index < -0.39 is 31.1 Å². The second-order valence-corrected chi connectivity index (χ2v) is 5.03. The molecule has 0 aromatic carbocycles. The molecule has 1 saturated heterocycles. The van der Waals surface area contributed by atoms with Crippen LogP contribution < -0.4 is 0 Å². The summed E-state index contributed by atoms with van der Waals surface area (Å²) in [5.41, 5.74) is 0.568. The van der Waals surface area contributed by atoms with Crippen LogP contribution in [0.15, 0.2) is 6.33 Å². The number of hydrogen-bond acceptors (Lipinski definition) is 7. The number of aliphatic hydroxyl groups is 3. The first-order valence-electron chi connectivity index (χ1n) is 5.71. The highest BCUT2D eigenvalue weighted by Crippen LogP contribution is 2.32. The third-order valence-electron chi connectivity index (χ3n) is 3.14. The van der Waals surface area contributed by atoms with Crippen LogP contribution in [0.3, 0.4) is 0 Å². The van der Waals surface area contributed by atoms with Crippen molar-refractivity contribution >= 4 is 34.4 Å². The van der Waals surface area contributed by atoms with Gasteiger partial charge in [0.25, 0.3) is 0 Å². The van der Waals surface area contributed by atoms with E-state index >= 15 is 0 Å². The van der Waals surface area contributed by atoms with E-state index in [2.05, 4.69) is 15.0 Å². The Morgan fingerprint density at radius 1 is 1.25 bits per heavy atom. The van der Waals surface area contributed by atoms with Crippen molar-refractivity contribution in [2.45, 2.75) is 24.5 Å². The lowest BCUT2D eigenvalue weighted by atomic mass is 10.1. The predicted molar refractivity (Wildman–Crippen MR) is 68.4 cm³/mol. The number of hydrogen-bond donors (Lipinski definition) is 3. The smallest absolute Gasteiger partial charge is 0.225 e. The van der Waals surface area contributed by atoms with Gasteiger partial charge < -0.3 is 20.1 Å². The van der Waals surface area contributed by atoms with Crippen LogP contribution in [-0.4, -0.2) is 59.8 Å². The molecular weight excluding hydrogens is 311 g/mol. The van der Waals surface area contributed by atoms with E-state index in [9.17, 15) is 10.2 Å². The fraction of sp³-hybridized carbons (Fsp3) is 0.500. The van der Waals surface area contributed by atoms with Gasteiger partial charge in [-0.15, -0.1) is 0 Å². The summed E-state index contributed by atoms with van der Waals surface area (Å²) in [5.74, 6) is 0. The zero-order valence-electron chi connectivity index (χ0n) is 9.89. The minimum absolute atomic E-state index is 0.0732. The second-order valence-electron chi connectivity index (χ2n) is 4.34. The topological polar surface area (TPSA) is 114 Å². The van der Waals surface area contributed by atoms with Crippen LogP contribution >= 0.6 is 23.2 Å². The number of rotatable bonds is 2. The largest absolute Gasteiger partial charge is 0.394 e. The quantitative estimate of drug-likeness (QED) is 0.516. The molecule has 1 aliphatic heterocycles. The molecule has 108 valence electrons. The lowest BCUT2D eigenvalue weighted by Crippen LogP contribution is -2.33. The van der Waals surface area contributed by atoms with Gasteiger partial charge in [0, 0.05) is 0 Å². The lowest BCUT2D eigenvalue weighted by Gasteiger charge is -2.16. The summed E-state index contributed by atoms with van der Waals surface area (Å²) in [4.78, 5) is 11.8. The van der Waals surface area contributed by atoms with Crippen LogP contribution in [0.2, 0.25) is 10.4 Å². The zero-order valence-corrected chi connectivity index (χ0v) is 11.4. The number of nitrogens with zero attached hydrogens (tertiary/aromatic N) is 4. The summed E-state index contributed by atoms with van der Waals surface area (Å²) in [6.07, 6.45) is -2.94. The van der Waals surface area contributed by atoms with Crippen LogP contribution in [0, 0.1) is 0 Å². The molecule has 4 unspecified atom stereocenters. The Bertz CT molecular complexity index is 651. The molecule has 10 heteroatoms. The molecule has 0 amide bonds. The molecule has 2 aromatic rings. The van der Waals surface area contributed by atoms with Crippen molar-refractivity contribution in [2.75, 3.05) is 6.61 Å². The highest BCUT2D eigenvalue weighted by atomic mass is 35.5. The maximum absolute atomic E-state index is 9.98. The van der Waals surface area contributed by atoms with Gasteiger partial charge in [0.1, 0.15) is 23.8 Å². The Morgan fingerprint density at radius 2 is 2.00 bits per heavy atom. The minimum atomic E-state index is -1.24. The molecule has 4 atom stereocenters. The minimum Gasteiger partial charge on any atom is -0.394 e. The molecule has 2 aromatic heterocycles. The lowest BCUT2D eigenvalue weighted by molar-refractivity contribution is -0.0511. The molecule has 0 aliphatic carbocycles. The van der Waals surface area contributed by atoms with Crippen molar-refractivity contribution < 1.29 is 20.1 Å². The molecular formula is C10H10Cl2N4O4. The van der Waals surface area contributed by atoms with Crippen molar-refractivity contribution in [3.05, 3.63) is 16.8 Å². The number of ether oxygens (including phenoxy) is 1. The van der Waals surface area contributed by atoms with Gasteiger partial charge in [-0.05, 0) is 11.6 Å². The van der Waals surface area contributed by atoms with E-state index in [1.54, 1.807) is 0 Å². The number of aromatic nitrogens is 4. The number of imidazole rings is 1. The first-order valence-corrected chi connectivity index (χ1v) is 6.46. The second kappa shape index (κ2) is 5.06. The fourth-order valence-electron chi connectivity index (χ4n) is 2.15. The highest BCUT2D eigenvalue weighted by molar-refractivity contribution is 6.35. The Morgan fingerprint density at radius 3 is 2.65 bits per heavy atom. The summed E-state index contributed by atoms with van der Waals surface area (Å²) < 4.78 is 6.78. The van der Waals surface area contributed by atoms with Crippen molar-refractivity contribution in [2.24, 2.45) is 0 Å². The molecule has 0 spiro atoms. The normalized spacial score (nSPS) is 30.2. The first kappa shape index (κ1) is 13.9. The number of halogens is 2. The molecule has 20 heavy (non-hydrogen) atoms. The van der Waals surface area contributed by atoms with E-state index in [-0.39, 0.29) is 16.1 Å². The SMILES string of the molecule is OCC1OC(n2cnc3c(Cl)nc(Cl)nc32)C(O)C1O. The molecule has 3 heterocycles. The summed E-state index contributed by atoms with van der Waals surface area (Å²) >= 11 is 11.6. The molecule has 3 rings (SSSR count). The van der Waals surface area contributed by atoms with Gasteiger partial charge in [0.05, 0.1) is 12.9 Å². The Balaban J connectivity index is 2.07. The van der Waals surface area contributed by atoms with E-state index in [0.29, 0.717) is 5.52 Å². The molecule has 0 radical (unpaired) electrons. The Hall–Kier alpha value is -1.03. The van der Waals surface area contributed by atoms with Crippen molar-refractivity contribution in [3.8, 4) is 0 Å². The van der Waals surface area contributed by atoms with Gasteiger partial charge in [-0.1, -0.05) is 11.6 Å². The molecule has 0 bridgehead atoms. The van der Waals surface area contributed by atoms with Gasteiger partial charge in [0.2, 0.25) is 5.28 Å². The summed E-state index contributed by atoms with van der Waals surface area (Å²) in [6.45, 7) is -0.419. The average Bonchev–Trinajstić information content (AvgIpc) is 2.93.